The summed E-state index contributed by atoms with van der Waals surface area (Å²) in [6.45, 7) is 4.31. The number of likely N-dealkylation sites (N-methyl/N-ethyl adjacent to an activating group) is 1. The molecule has 2 aromatic heterocycles. The van der Waals surface area contributed by atoms with Gasteiger partial charge in [0, 0.05) is 12.7 Å². The number of carbonyl (C=O) groups is 1. The molecule has 0 aliphatic rings. The molecule has 0 saturated heterocycles. The Morgan fingerprint density at radius 2 is 1.97 bits per heavy atom. The minimum atomic E-state index is -0.0681. The quantitative estimate of drug-likeness (QED) is 0.516. The molecule has 6 nitrogen and oxygen atoms in total. The number of aromatic nitrogens is 3. The van der Waals surface area contributed by atoms with Crippen LogP contribution in [0.2, 0.25) is 0 Å². The molecule has 0 aliphatic heterocycles. The second-order valence-corrected chi connectivity index (χ2v) is 7.92. The fourth-order valence-electron chi connectivity index (χ4n) is 3.19. The number of hydrogen-bond donors (Lipinski definition) is 1. The number of nitrogens with zero attached hydrogens (tertiary/aromatic N) is 4. The summed E-state index contributed by atoms with van der Waals surface area (Å²) in [4.78, 5) is 19.1. The molecule has 0 atom stereocenters. The largest absolute Gasteiger partial charge is 0.342 e. The van der Waals surface area contributed by atoms with Gasteiger partial charge in [0.15, 0.2) is 10.8 Å². The van der Waals surface area contributed by atoms with Gasteiger partial charge in [-0.05, 0) is 43.2 Å². The maximum absolute atomic E-state index is 12.5. The first-order valence-corrected chi connectivity index (χ1v) is 10.4. The van der Waals surface area contributed by atoms with Crippen molar-refractivity contribution in [2.24, 2.45) is 0 Å². The van der Waals surface area contributed by atoms with E-state index in [-0.39, 0.29) is 12.5 Å². The lowest BCUT2D eigenvalue weighted by molar-refractivity contribution is -0.114. The van der Waals surface area contributed by atoms with E-state index in [4.69, 9.17) is 4.98 Å². The van der Waals surface area contributed by atoms with Crippen molar-refractivity contribution >= 4 is 38.4 Å². The first kappa shape index (κ1) is 19.1. The van der Waals surface area contributed by atoms with Gasteiger partial charge in [0.2, 0.25) is 5.91 Å². The van der Waals surface area contributed by atoms with Crippen molar-refractivity contribution in [1.29, 1.82) is 0 Å². The molecule has 0 aliphatic carbocycles. The van der Waals surface area contributed by atoms with Crippen molar-refractivity contribution in [3.8, 4) is 5.69 Å². The van der Waals surface area contributed by atoms with Crippen molar-refractivity contribution in [1.82, 2.24) is 14.8 Å². The van der Waals surface area contributed by atoms with Crippen LogP contribution in [0.4, 0.5) is 10.8 Å². The van der Waals surface area contributed by atoms with Gasteiger partial charge in [-0.1, -0.05) is 48.6 Å². The van der Waals surface area contributed by atoms with Crippen LogP contribution in [-0.4, -0.2) is 34.3 Å². The number of amides is 1. The summed E-state index contributed by atoms with van der Waals surface area (Å²) in [5.74, 6) is -0.0681. The molecule has 4 rings (SSSR count). The Balaban J connectivity index is 1.53. The summed E-state index contributed by atoms with van der Waals surface area (Å²) in [6, 6.07) is 17.9. The third kappa shape index (κ3) is 4.00. The topological polar surface area (TPSA) is 63.1 Å². The van der Waals surface area contributed by atoms with Crippen LogP contribution in [0.5, 0.6) is 0 Å². The van der Waals surface area contributed by atoms with Crippen molar-refractivity contribution < 1.29 is 4.79 Å². The molecule has 2 aromatic carbocycles. The summed E-state index contributed by atoms with van der Waals surface area (Å²) in [6.07, 6.45) is 0.938. The van der Waals surface area contributed by atoms with Crippen LogP contribution >= 0.6 is 11.3 Å². The van der Waals surface area contributed by atoms with Crippen molar-refractivity contribution in [2.45, 2.75) is 20.3 Å². The van der Waals surface area contributed by atoms with E-state index < -0.39 is 0 Å². The van der Waals surface area contributed by atoms with Crippen LogP contribution in [0.15, 0.2) is 54.6 Å². The maximum Gasteiger partial charge on any atom is 0.243 e. The second kappa shape index (κ2) is 8.05. The predicted molar refractivity (Wildman–Crippen MR) is 119 cm³/mol. The summed E-state index contributed by atoms with van der Waals surface area (Å²) < 4.78 is 2.89. The highest BCUT2D eigenvalue weighted by molar-refractivity contribution is 7.22. The number of carbonyl (C=O) groups excluding carboxylic acids is 1. The minimum Gasteiger partial charge on any atom is -0.342 e. The Labute approximate surface area is 173 Å². The lowest BCUT2D eigenvalue weighted by atomic mass is 10.1. The average molecular weight is 406 g/mol. The minimum absolute atomic E-state index is 0.0681. The summed E-state index contributed by atoms with van der Waals surface area (Å²) in [5.41, 5.74) is 4.74. The number of nitrogens with one attached hydrogen (secondary N) is 1. The smallest absolute Gasteiger partial charge is 0.243 e. The van der Waals surface area contributed by atoms with Gasteiger partial charge in [-0.25, -0.2) is 4.68 Å². The second-order valence-electron chi connectivity index (χ2n) is 6.94. The third-order valence-corrected chi connectivity index (χ3v) is 5.97. The van der Waals surface area contributed by atoms with Crippen molar-refractivity contribution in [3.05, 3.63) is 65.9 Å². The number of thiazole rings is 1. The molecule has 0 spiro atoms. The van der Waals surface area contributed by atoms with Gasteiger partial charge in [-0.2, -0.15) is 10.1 Å². The third-order valence-electron chi connectivity index (χ3n) is 4.70. The molecule has 1 N–H and O–H groups in total. The van der Waals surface area contributed by atoms with Gasteiger partial charge in [0.25, 0.3) is 0 Å². The molecule has 148 valence electrons. The van der Waals surface area contributed by atoms with Crippen LogP contribution in [0.1, 0.15) is 18.2 Å². The molecule has 0 fully saturated rings. The highest BCUT2D eigenvalue weighted by Crippen LogP contribution is 2.32. The highest BCUT2D eigenvalue weighted by atomic mass is 32.1. The molecule has 1 amide bonds. The van der Waals surface area contributed by atoms with E-state index in [1.807, 2.05) is 72.1 Å². The molecule has 0 bridgehead atoms. The number of anilines is 2. The summed E-state index contributed by atoms with van der Waals surface area (Å²) in [5, 5.41) is 8.39. The first-order valence-electron chi connectivity index (χ1n) is 9.56. The van der Waals surface area contributed by atoms with E-state index in [0.29, 0.717) is 0 Å². The molecule has 0 saturated carbocycles. The van der Waals surface area contributed by atoms with Crippen molar-refractivity contribution in [2.75, 3.05) is 23.8 Å². The predicted octanol–water partition coefficient (Wildman–Crippen LogP) is 4.43. The molecular formula is C22H23N5OS. The number of benzene rings is 2. The Morgan fingerprint density at radius 1 is 1.17 bits per heavy atom. The highest BCUT2D eigenvalue weighted by Gasteiger charge is 2.18. The van der Waals surface area contributed by atoms with Gasteiger partial charge in [0.1, 0.15) is 0 Å². The molecule has 2 heterocycles. The molecule has 0 radical (unpaired) electrons. The van der Waals surface area contributed by atoms with E-state index in [9.17, 15) is 4.79 Å². The first-order chi connectivity index (χ1) is 14.0. The molecule has 29 heavy (non-hydrogen) atoms. The molecular weight excluding hydrogens is 382 g/mol. The van der Waals surface area contributed by atoms with Crippen LogP contribution in [0.25, 0.3) is 16.0 Å². The van der Waals surface area contributed by atoms with E-state index >= 15 is 0 Å². The SMILES string of the molecule is CCc1cccc(NC(=O)CN(C)c2nc3c(s2)c(C)nn3-c2ccccc2)c1. The Morgan fingerprint density at radius 3 is 2.72 bits per heavy atom. The summed E-state index contributed by atoms with van der Waals surface area (Å²) in [7, 11) is 1.88. The number of rotatable bonds is 6. The van der Waals surface area contributed by atoms with Gasteiger partial charge < -0.3 is 10.2 Å². The normalized spacial score (nSPS) is 11.0. The van der Waals surface area contributed by atoms with E-state index in [2.05, 4.69) is 23.4 Å². The zero-order chi connectivity index (χ0) is 20.4. The van der Waals surface area contributed by atoms with Gasteiger partial charge in [-0.15, -0.1) is 0 Å². The lowest BCUT2D eigenvalue weighted by Gasteiger charge is -2.15. The maximum atomic E-state index is 12.5. The van der Waals surface area contributed by atoms with Crippen molar-refractivity contribution in [3.63, 3.8) is 0 Å². The number of hydrogen-bond acceptors (Lipinski definition) is 5. The molecule has 7 heteroatoms. The van der Waals surface area contributed by atoms with Crippen LogP contribution in [-0.2, 0) is 11.2 Å². The lowest BCUT2D eigenvalue weighted by Crippen LogP contribution is -2.30. The van der Waals surface area contributed by atoms with E-state index in [0.717, 1.165) is 39.0 Å². The number of fused-ring (bicyclic) bond motifs is 1. The zero-order valence-electron chi connectivity index (χ0n) is 16.7. The van der Waals surface area contributed by atoms with E-state index in [1.165, 1.54) is 5.56 Å². The molecule has 4 aromatic rings. The van der Waals surface area contributed by atoms with Crippen LogP contribution in [0.3, 0.4) is 0 Å². The van der Waals surface area contributed by atoms with Gasteiger partial charge in [0.05, 0.1) is 22.6 Å². The fraction of sp³-hybridized carbons (Fsp3) is 0.227. The summed E-state index contributed by atoms with van der Waals surface area (Å²) >= 11 is 1.55. The van der Waals surface area contributed by atoms with Crippen LogP contribution < -0.4 is 10.2 Å². The average Bonchev–Trinajstić information content (AvgIpc) is 3.29. The zero-order valence-corrected chi connectivity index (χ0v) is 17.5. The Kier molecular flexibility index (Phi) is 5.31. The monoisotopic (exact) mass is 405 g/mol. The Hall–Kier alpha value is -3.19. The number of aryl methyl sites for hydroxylation is 2. The fourth-order valence-corrected chi connectivity index (χ4v) is 4.14. The standard InChI is InChI=1S/C22H23N5OS/c1-4-16-9-8-10-17(13-16)23-19(28)14-26(3)22-24-21-20(29-22)15(2)25-27(21)18-11-6-5-7-12-18/h5-13H,4,14H2,1-3H3,(H,23,28). The molecule has 0 unspecified atom stereocenters. The van der Waals surface area contributed by atoms with Crippen LogP contribution in [0, 0.1) is 6.92 Å². The number of para-hydroxylation sites is 1. The Bertz CT molecular complexity index is 1150. The van der Waals surface area contributed by atoms with E-state index in [1.54, 1.807) is 11.3 Å². The van der Waals surface area contributed by atoms with Gasteiger partial charge >= 0.3 is 0 Å². The van der Waals surface area contributed by atoms with Gasteiger partial charge in [-0.3, -0.25) is 4.79 Å².